The molecule has 188 valence electrons. The van der Waals surface area contributed by atoms with Crippen molar-refractivity contribution in [2.75, 3.05) is 22.1 Å². The van der Waals surface area contributed by atoms with Crippen LogP contribution in [0.1, 0.15) is 34.1 Å². The minimum absolute atomic E-state index is 0.0680. The van der Waals surface area contributed by atoms with Crippen LogP contribution >= 0.6 is 23.2 Å². The van der Waals surface area contributed by atoms with E-state index in [9.17, 15) is 19.2 Å². The first-order chi connectivity index (χ1) is 17.8. The molecule has 0 unspecified atom stereocenters. The summed E-state index contributed by atoms with van der Waals surface area (Å²) in [4.78, 5) is 52.0. The van der Waals surface area contributed by atoms with Gasteiger partial charge in [0.2, 0.25) is 0 Å². The van der Waals surface area contributed by atoms with Gasteiger partial charge in [-0.15, -0.1) is 0 Å². The highest BCUT2D eigenvalue weighted by molar-refractivity contribution is 6.53. The summed E-state index contributed by atoms with van der Waals surface area (Å²) in [6.07, 6.45) is 0.623. The van der Waals surface area contributed by atoms with Gasteiger partial charge in [0, 0.05) is 22.0 Å². The van der Waals surface area contributed by atoms with E-state index in [-0.39, 0.29) is 34.5 Å². The summed E-state index contributed by atoms with van der Waals surface area (Å²) in [5.74, 6) is -2.51. The Bertz CT molecular complexity index is 1420. The average molecular weight is 538 g/mol. The minimum Gasteiger partial charge on any atom is -0.462 e. The number of imide groups is 1. The van der Waals surface area contributed by atoms with Crippen molar-refractivity contribution in [2.45, 2.75) is 13.3 Å². The first-order valence-corrected chi connectivity index (χ1v) is 12.0. The predicted octanol–water partition coefficient (Wildman–Crippen LogP) is 5.59. The normalized spacial score (nSPS) is 13.1. The zero-order valence-electron chi connectivity index (χ0n) is 19.6. The second kappa shape index (κ2) is 11.3. The molecule has 2 N–H and O–H groups in total. The molecule has 0 spiro atoms. The molecule has 0 fully saturated rings. The van der Waals surface area contributed by atoms with Gasteiger partial charge in [0.1, 0.15) is 10.7 Å². The van der Waals surface area contributed by atoms with Crippen molar-refractivity contribution in [1.29, 1.82) is 0 Å². The smallest absolute Gasteiger partial charge is 0.340 e. The number of benzene rings is 3. The van der Waals surface area contributed by atoms with E-state index in [1.54, 1.807) is 60.7 Å². The van der Waals surface area contributed by atoms with Crippen LogP contribution in [-0.2, 0) is 14.3 Å². The summed E-state index contributed by atoms with van der Waals surface area (Å²) in [5, 5.41) is 5.76. The highest BCUT2D eigenvalue weighted by atomic mass is 35.5. The van der Waals surface area contributed by atoms with E-state index in [1.165, 1.54) is 12.1 Å². The van der Waals surface area contributed by atoms with Gasteiger partial charge >= 0.3 is 5.97 Å². The Kier molecular flexibility index (Phi) is 7.91. The van der Waals surface area contributed by atoms with Crippen molar-refractivity contribution in [2.24, 2.45) is 0 Å². The second-order valence-electron chi connectivity index (χ2n) is 7.95. The number of ether oxygens (including phenoxy) is 1. The van der Waals surface area contributed by atoms with Gasteiger partial charge in [-0.05, 0) is 61.0 Å². The van der Waals surface area contributed by atoms with Crippen molar-refractivity contribution in [1.82, 2.24) is 0 Å². The fourth-order valence-corrected chi connectivity index (χ4v) is 3.97. The average Bonchev–Trinajstić information content (AvgIpc) is 3.10. The monoisotopic (exact) mass is 537 g/mol. The number of hydrogen-bond acceptors (Lipinski definition) is 6. The first-order valence-electron chi connectivity index (χ1n) is 11.3. The number of carbonyl (C=O) groups is 4. The van der Waals surface area contributed by atoms with E-state index in [2.05, 4.69) is 10.6 Å². The van der Waals surface area contributed by atoms with Crippen LogP contribution in [0.15, 0.2) is 83.5 Å². The van der Waals surface area contributed by atoms with Crippen molar-refractivity contribution < 1.29 is 23.9 Å². The highest BCUT2D eigenvalue weighted by Gasteiger charge is 2.40. The number of nitrogens with one attached hydrogen (secondary N) is 2. The van der Waals surface area contributed by atoms with Gasteiger partial charge < -0.3 is 15.4 Å². The number of esters is 1. The Morgan fingerprint density at radius 1 is 0.892 bits per heavy atom. The van der Waals surface area contributed by atoms with E-state index >= 15 is 0 Å². The molecule has 0 aliphatic carbocycles. The van der Waals surface area contributed by atoms with Gasteiger partial charge in [0.15, 0.2) is 0 Å². The van der Waals surface area contributed by atoms with Crippen LogP contribution in [0.3, 0.4) is 0 Å². The Labute approximate surface area is 222 Å². The maximum Gasteiger partial charge on any atom is 0.340 e. The Hall–Kier alpha value is -4.14. The number of rotatable bonds is 8. The van der Waals surface area contributed by atoms with Crippen LogP contribution in [0, 0.1) is 0 Å². The third-order valence-electron chi connectivity index (χ3n) is 5.33. The number of anilines is 3. The number of halogens is 2. The highest BCUT2D eigenvalue weighted by Crippen LogP contribution is 2.32. The molecule has 0 atom stereocenters. The Morgan fingerprint density at radius 2 is 1.62 bits per heavy atom. The molecule has 1 aliphatic rings. The van der Waals surface area contributed by atoms with Crippen molar-refractivity contribution >= 4 is 64.0 Å². The van der Waals surface area contributed by atoms with E-state index in [0.717, 1.165) is 4.90 Å². The van der Waals surface area contributed by atoms with Crippen LogP contribution in [0.2, 0.25) is 5.02 Å². The molecule has 10 heteroatoms. The lowest BCUT2D eigenvalue weighted by molar-refractivity contribution is -0.120. The van der Waals surface area contributed by atoms with Crippen molar-refractivity contribution in [3.05, 3.63) is 99.7 Å². The SMILES string of the molecule is CCCOC(=O)c1ccccc1N1C(=O)C(Cl)=C(Nc2ccc(C(=O)Nc3cccc(Cl)c3)cc2)C1=O. The van der Waals surface area contributed by atoms with Crippen molar-refractivity contribution in [3.63, 3.8) is 0 Å². The van der Waals surface area contributed by atoms with Crippen LogP contribution in [-0.4, -0.2) is 30.3 Å². The molecule has 0 bridgehead atoms. The summed E-state index contributed by atoms with van der Waals surface area (Å²) >= 11 is 12.2. The lowest BCUT2D eigenvalue weighted by Gasteiger charge is -2.18. The van der Waals surface area contributed by atoms with Crippen LogP contribution in [0.25, 0.3) is 0 Å². The van der Waals surface area contributed by atoms with Crippen molar-refractivity contribution in [3.8, 4) is 0 Å². The number of carbonyl (C=O) groups excluding carboxylic acids is 4. The summed E-state index contributed by atoms with van der Waals surface area (Å²) in [5.41, 5.74) is 1.32. The van der Waals surface area contributed by atoms with E-state index in [0.29, 0.717) is 28.4 Å². The van der Waals surface area contributed by atoms with Gasteiger partial charge in [0.05, 0.1) is 17.9 Å². The van der Waals surface area contributed by atoms with Gasteiger partial charge in [-0.1, -0.05) is 48.3 Å². The summed E-state index contributed by atoms with van der Waals surface area (Å²) in [7, 11) is 0. The summed E-state index contributed by atoms with van der Waals surface area (Å²) in [6, 6.07) is 19.1. The number of nitrogens with zero attached hydrogens (tertiary/aromatic N) is 1. The quantitative estimate of drug-likeness (QED) is 0.286. The maximum atomic E-state index is 13.2. The van der Waals surface area contributed by atoms with Gasteiger partial charge in [-0.2, -0.15) is 0 Å². The molecule has 0 saturated heterocycles. The predicted molar refractivity (Wildman–Crippen MR) is 142 cm³/mol. The van der Waals surface area contributed by atoms with Crippen LogP contribution in [0.4, 0.5) is 17.1 Å². The molecule has 0 aromatic heterocycles. The van der Waals surface area contributed by atoms with Gasteiger partial charge in [-0.3, -0.25) is 14.4 Å². The lowest BCUT2D eigenvalue weighted by Crippen LogP contribution is -2.33. The zero-order chi connectivity index (χ0) is 26.5. The third kappa shape index (κ3) is 5.66. The standard InChI is InChI=1S/C27H21Cl2N3O5/c1-2-14-37-27(36)20-8-3-4-9-21(20)32-25(34)22(29)23(26(32)35)30-18-12-10-16(11-13-18)24(33)31-19-7-5-6-17(28)15-19/h3-13,15,30H,2,14H2,1H3,(H,31,33). The molecule has 1 heterocycles. The first kappa shape index (κ1) is 25.9. The molecule has 0 radical (unpaired) electrons. The molecule has 4 rings (SSSR count). The number of para-hydroxylation sites is 1. The topological polar surface area (TPSA) is 105 Å². The van der Waals surface area contributed by atoms with E-state index < -0.39 is 17.8 Å². The fraction of sp³-hybridized carbons (Fsp3) is 0.111. The largest absolute Gasteiger partial charge is 0.462 e. The van der Waals surface area contributed by atoms with Gasteiger partial charge in [-0.25, -0.2) is 9.69 Å². The summed E-state index contributed by atoms with van der Waals surface area (Å²) in [6.45, 7) is 2.06. The van der Waals surface area contributed by atoms with E-state index in [1.807, 2.05) is 6.92 Å². The second-order valence-corrected chi connectivity index (χ2v) is 8.77. The lowest BCUT2D eigenvalue weighted by atomic mass is 10.1. The molecular weight excluding hydrogens is 517 g/mol. The van der Waals surface area contributed by atoms with E-state index in [4.69, 9.17) is 27.9 Å². The van der Waals surface area contributed by atoms with Gasteiger partial charge in [0.25, 0.3) is 17.7 Å². The fourth-order valence-electron chi connectivity index (χ4n) is 3.56. The summed E-state index contributed by atoms with van der Waals surface area (Å²) < 4.78 is 5.18. The Morgan fingerprint density at radius 3 is 2.32 bits per heavy atom. The Balaban J connectivity index is 1.50. The number of hydrogen-bond donors (Lipinski definition) is 2. The molecular formula is C27H21Cl2N3O5. The molecule has 3 aromatic carbocycles. The molecule has 0 saturated carbocycles. The number of amides is 3. The molecule has 3 aromatic rings. The third-order valence-corrected chi connectivity index (χ3v) is 5.91. The minimum atomic E-state index is -0.776. The molecule has 1 aliphatic heterocycles. The zero-order valence-corrected chi connectivity index (χ0v) is 21.1. The molecule has 37 heavy (non-hydrogen) atoms. The van der Waals surface area contributed by atoms with Crippen LogP contribution < -0.4 is 15.5 Å². The molecule has 8 nitrogen and oxygen atoms in total. The molecule has 3 amide bonds. The van der Waals surface area contributed by atoms with Crippen LogP contribution in [0.5, 0.6) is 0 Å². The maximum absolute atomic E-state index is 13.2.